The maximum atomic E-state index is 12.6. The van der Waals surface area contributed by atoms with Crippen molar-refractivity contribution in [3.05, 3.63) is 70.8 Å². The minimum atomic E-state index is -0.0950. The Hall–Kier alpha value is -2.60. The van der Waals surface area contributed by atoms with Gasteiger partial charge in [-0.25, -0.2) is 9.97 Å². The Labute approximate surface area is 162 Å². The van der Waals surface area contributed by atoms with Crippen LogP contribution in [0, 0.1) is 0 Å². The fourth-order valence-corrected chi connectivity index (χ4v) is 4.06. The summed E-state index contributed by atoms with van der Waals surface area (Å²) in [5.74, 6) is 1.03. The second kappa shape index (κ2) is 6.23. The first-order chi connectivity index (χ1) is 13.1. The van der Waals surface area contributed by atoms with Gasteiger partial charge in [-0.1, -0.05) is 23.7 Å². The number of aromatic amines is 1. The number of imidazole rings is 2. The van der Waals surface area contributed by atoms with Crippen molar-refractivity contribution in [2.24, 2.45) is 0 Å². The number of carbonyl (C=O) groups is 1. The van der Waals surface area contributed by atoms with Crippen LogP contribution < -0.4 is 5.32 Å². The molecule has 0 bridgehead atoms. The lowest BCUT2D eigenvalue weighted by atomic mass is 9.94. The Morgan fingerprint density at radius 3 is 2.78 bits per heavy atom. The first-order valence-electron chi connectivity index (χ1n) is 9.22. The summed E-state index contributed by atoms with van der Waals surface area (Å²) in [6.45, 7) is 1.43. The van der Waals surface area contributed by atoms with Crippen molar-refractivity contribution in [1.29, 1.82) is 0 Å². The molecule has 1 aliphatic heterocycles. The zero-order valence-electron chi connectivity index (χ0n) is 14.8. The van der Waals surface area contributed by atoms with Gasteiger partial charge in [0.25, 0.3) is 5.91 Å². The van der Waals surface area contributed by atoms with Crippen molar-refractivity contribution in [2.75, 3.05) is 6.54 Å². The monoisotopic (exact) mass is 381 g/mol. The lowest BCUT2D eigenvalue weighted by Crippen LogP contribution is -2.27. The minimum absolute atomic E-state index is 0.0110. The Balaban J connectivity index is 1.45. The summed E-state index contributed by atoms with van der Waals surface area (Å²) in [5, 5.41) is 3.74. The Morgan fingerprint density at radius 2 is 2.07 bits per heavy atom. The molecule has 27 heavy (non-hydrogen) atoms. The van der Waals surface area contributed by atoms with Crippen LogP contribution in [0.1, 0.15) is 46.3 Å². The molecule has 7 heteroatoms. The number of rotatable bonds is 4. The van der Waals surface area contributed by atoms with Crippen LogP contribution in [0.3, 0.4) is 0 Å². The summed E-state index contributed by atoms with van der Waals surface area (Å²) in [6.07, 6.45) is 8.48. The Morgan fingerprint density at radius 1 is 1.26 bits per heavy atom. The van der Waals surface area contributed by atoms with E-state index in [1.54, 1.807) is 6.20 Å². The van der Waals surface area contributed by atoms with Crippen molar-refractivity contribution < 1.29 is 4.79 Å². The van der Waals surface area contributed by atoms with Gasteiger partial charge in [0, 0.05) is 47.5 Å². The van der Waals surface area contributed by atoms with Crippen LogP contribution in [-0.2, 0) is 18.4 Å². The lowest BCUT2D eigenvalue weighted by molar-refractivity contribution is 0.0950. The summed E-state index contributed by atoms with van der Waals surface area (Å²) in [6, 6.07) is 7.85. The summed E-state index contributed by atoms with van der Waals surface area (Å²) < 4.78 is 2.08. The number of carbonyl (C=O) groups excluding carboxylic acids is 1. The highest BCUT2D eigenvalue weighted by Crippen LogP contribution is 2.48. The van der Waals surface area contributed by atoms with E-state index in [9.17, 15) is 4.79 Å². The van der Waals surface area contributed by atoms with E-state index in [0.717, 1.165) is 42.3 Å². The van der Waals surface area contributed by atoms with Crippen LogP contribution >= 0.6 is 11.6 Å². The molecule has 1 fully saturated rings. The number of halogens is 1. The van der Waals surface area contributed by atoms with Crippen LogP contribution in [-0.4, -0.2) is 32.0 Å². The zero-order valence-corrected chi connectivity index (χ0v) is 15.5. The SMILES string of the molecule is O=C1NC[C@H](c2ccc(Cl)cc2)Cc2[nH]c(C3(Cn4ccnc4)CC3)nc21. The van der Waals surface area contributed by atoms with Crippen molar-refractivity contribution in [2.45, 2.75) is 37.1 Å². The molecule has 3 aromatic rings. The van der Waals surface area contributed by atoms with Gasteiger partial charge in [-0.05, 0) is 37.0 Å². The van der Waals surface area contributed by atoms with Crippen molar-refractivity contribution in [3.63, 3.8) is 0 Å². The summed E-state index contributed by atoms with van der Waals surface area (Å²) in [4.78, 5) is 24.9. The molecular formula is C20H20ClN5O. The summed E-state index contributed by atoms with van der Waals surface area (Å²) in [7, 11) is 0. The lowest BCUT2D eigenvalue weighted by Gasteiger charge is -2.16. The second-order valence-electron chi connectivity index (χ2n) is 7.59. The van der Waals surface area contributed by atoms with Crippen LogP contribution in [0.2, 0.25) is 5.02 Å². The first-order valence-corrected chi connectivity index (χ1v) is 9.59. The summed E-state index contributed by atoms with van der Waals surface area (Å²) >= 11 is 6.01. The molecule has 0 saturated heterocycles. The topological polar surface area (TPSA) is 75.6 Å². The molecule has 2 aromatic heterocycles. The summed E-state index contributed by atoms with van der Waals surface area (Å²) in [5.41, 5.74) is 2.63. The average Bonchev–Trinajstić information content (AvgIpc) is 3.10. The van der Waals surface area contributed by atoms with E-state index in [1.165, 1.54) is 5.56 Å². The minimum Gasteiger partial charge on any atom is -0.350 e. The van der Waals surface area contributed by atoms with Crippen LogP contribution in [0.5, 0.6) is 0 Å². The van der Waals surface area contributed by atoms with Gasteiger partial charge in [-0.3, -0.25) is 4.79 Å². The van der Waals surface area contributed by atoms with Crippen LogP contribution in [0.4, 0.5) is 0 Å². The largest absolute Gasteiger partial charge is 0.350 e. The quantitative estimate of drug-likeness (QED) is 0.729. The molecule has 6 nitrogen and oxygen atoms in total. The Bertz CT molecular complexity index is 972. The fourth-order valence-electron chi connectivity index (χ4n) is 3.94. The van der Waals surface area contributed by atoms with E-state index in [1.807, 2.05) is 36.8 Å². The third kappa shape index (κ3) is 3.04. The van der Waals surface area contributed by atoms with Crippen molar-refractivity contribution in [3.8, 4) is 0 Å². The smallest absolute Gasteiger partial charge is 0.271 e. The third-order valence-corrected chi connectivity index (χ3v) is 5.95. The number of hydrogen-bond acceptors (Lipinski definition) is 3. The number of aromatic nitrogens is 4. The highest BCUT2D eigenvalue weighted by atomic mass is 35.5. The molecule has 3 heterocycles. The van der Waals surface area contributed by atoms with Gasteiger partial charge >= 0.3 is 0 Å². The Kier molecular flexibility index (Phi) is 3.82. The molecule has 1 aromatic carbocycles. The number of fused-ring (bicyclic) bond motifs is 1. The zero-order chi connectivity index (χ0) is 18.4. The van der Waals surface area contributed by atoms with Gasteiger partial charge in [0.05, 0.1) is 6.33 Å². The van der Waals surface area contributed by atoms with Crippen LogP contribution in [0.15, 0.2) is 43.0 Å². The molecule has 2 aliphatic rings. The third-order valence-electron chi connectivity index (χ3n) is 5.70. The fraction of sp³-hybridized carbons (Fsp3) is 0.350. The second-order valence-corrected chi connectivity index (χ2v) is 8.03. The van der Waals surface area contributed by atoms with Crippen molar-refractivity contribution in [1.82, 2.24) is 24.8 Å². The first kappa shape index (κ1) is 16.6. The van der Waals surface area contributed by atoms with Crippen molar-refractivity contribution >= 4 is 17.5 Å². The molecule has 5 rings (SSSR count). The van der Waals surface area contributed by atoms with E-state index >= 15 is 0 Å². The van der Waals surface area contributed by atoms with Gasteiger partial charge in [0.15, 0.2) is 0 Å². The maximum absolute atomic E-state index is 12.6. The molecular weight excluding hydrogens is 362 g/mol. The van der Waals surface area contributed by atoms with Gasteiger partial charge in [-0.2, -0.15) is 0 Å². The van der Waals surface area contributed by atoms with Gasteiger partial charge < -0.3 is 14.9 Å². The number of amides is 1. The van der Waals surface area contributed by atoms with E-state index in [-0.39, 0.29) is 17.2 Å². The van der Waals surface area contributed by atoms with E-state index in [4.69, 9.17) is 16.6 Å². The molecule has 138 valence electrons. The average molecular weight is 382 g/mol. The molecule has 0 spiro atoms. The molecule has 0 radical (unpaired) electrons. The van der Waals surface area contributed by atoms with Gasteiger partial charge in [-0.15, -0.1) is 0 Å². The molecule has 1 atom stereocenters. The van der Waals surface area contributed by atoms with Gasteiger partial charge in [0.2, 0.25) is 0 Å². The van der Waals surface area contributed by atoms with Gasteiger partial charge in [0.1, 0.15) is 11.5 Å². The molecule has 2 N–H and O–H groups in total. The maximum Gasteiger partial charge on any atom is 0.271 e. The highest BCUT2D eigenvalue weighted by Gasteiger charge is 2.48. The predicted octanol–water partition coefficient (Wildman–Crippen LogP) is 3.06. The van der Waals surface area contributed by atoms with E-state index < -0.39 is 0 Å². The number of hydrogen-bond donors (Lipinski definition) is 2. The molecule has 1 saturated carbocycles. The molecule has 1 amide bonds. The number of nitrogens with one attached hydrogen (secondary N) is 2. The molecule has 1 aliphatic carbocycles. The highest BCUT2D eigenvalue weighted by molar-refractivity contribution is 6.30. The number of nitrogens with zero attached hydrogens (tertiary/aromatic N) is 3. The standard InChI is InChI=1S/C20H20ClN5O/c21-15-3-1-13(2-4-15)14-9-16-17(18(27)23-10-14)25-19(24-16)20(5-6-20)11-26-8-7-22-12-26/h1-4,7-8,12,14H,5-6,9-11H2,(H,23,27)(H,24,25)/t14-/m1/s1. The number of benzene rings is 1. The molecule has 0 unspecified atom stereocenters. The predicted molar refractivity (Wildman–Crippen MR) is 102 cm³/mol. The number of H-pyrrole nitrogens is 1. The van der Waals surface area contributed by atoms with Crippen LogP contribution in [0.25, 0.3) is 0 Å². The van der Waals surface area contributed by atoms with E-state index in [2.05, 4.69) is 19.9 Å². The van der Waals surface area contributed by atoms with E-state index in [0.29, 0.717) is 12.2 Å². The normalized spacial score (nSPS) is 20.6.